The summed E-state index contributed by atoms with van der Waals surface area (Å²) in [6, 6.07) is 0. The Kier molecular flexibility index (Phi) is 5.95. The van der Waals surface area contributed by atoms with Crippen LogP contribution in [0.15, 0.2) is 0 Å². The molecule has 70 valence electrons. The predicted octanol–water partition coefficient (Wildman–Crippen LogP) is 0.996. The van der Waals surface area contributed by atoms with Crippen LogP contribution in [-0.2, 0) is 9.53 Å². The molecular weight excluding hydrogens is 162 g/mol. The lowest BCUT2D eigenvalue weighted by molar-refractivity contribution is -0.480. The fraction of sp³-hybridized carbons (Fsp3) is 0.857. The molecule has 0 saturated heterocycles. The van der Waals surface area contributed by atoms with Crippen molar-refractivity contribution in [1.82, 2.24) is 0 Å². The largest absolute Gasteiger partial charge is 0.466 e. The van der Waals surface area contributed by atoms with Gasteiger partial charge in [0.25, 0.3) is 0 Å². The molecule has 0 N–H and O–H groups in total. The van der Waals surface area contributed by atoms with Crippen molar-refractivity contribution >= 4 is 5.97 Å². The van der Waals surface area contributed by atoms with E-state index >= 15 is 0 Å². The van der Waals surface area contributed by atoms with Crippen molar-refractivity contribution in [3.63, 3.8) is 0 Å². The summed E-state index contributed by atoms with van der Waals surface area (Å²) >= 11 is 0. The number of carbonyl (C=O) groups excluding carboxylic acids is 1. The summed E-state index contributed by atoms with van der Waals surface area (Å²) in [5, 5.41) is 9.86. The van der Waals surface area contributed by atoms with Crippen LogP contribution in [0.25, 0.3) is 0 Å². The second-order valence-corrected chi connectivity index (χ2v) is 2.46. The third kappa shape index (κ3) is 8.87. The first-order chi connectivity index (χ1) is 5.63. The Bertz CT molecular complexity index is 139. The fourth-order valence-corrected chi connectivity index (χ4v) is 0.736. The van der Waals surface area contributed by atoms with Crippen molar-refractivity contribution in [3.05, 3.63) is 10.1 Å². The van der Waals surface area contributed by atoms with Gasteiger partial charge in [0, 0.05) is 18.3 Å². The highest BCUT2D eigenvalue weighted by molar-refractivity contribution is 5.65. The number of rotatable bonds is 6. The highest BCUT2D eigenvalue weighted by Crippen LogP contribution is 1.95. The summed E-state index contributed by atoms with van der Waals surface area (Å²) < 4.78 is 4.64. The van der Waals surface area contributed by atoms with Gasteiger partial charge in [-0.25, -0.2) is 0 Å². The normalized spacial score (nSPS) is 9.42. The molecule has 5 nitrogen and oxygen atoms in total. The summed E-state index contributed by atoms with van der Waals surface area (Å²) in [5.74, 6) is -0.302. The summed E-state index contributed by atoms with van der Waals surface area (Å²) in [6.07, 6.45) is 1.98. The Morgan fingerprint density at radius 1 is 1.42 bits per heavy atom. The predicted molar refractivity (Wildman–Crippen MR) is 42.3 cm³/mol. The molecule has 0 atom stereocenters. The molecule has 0 aromatic rings. The molecule has 0 radical (unpaired) electrons. The molecule has 0 aliphatic carbocycles. The van der Waals surface area contributed by atoms with Crippen molar-refractivity contribution in [2.24, 2.45) is 0 Å². The summed E-state index contributed by atoms with van der Waals surface area (Å²) in [4.78, 5) is 19.8. The summed E-state index contributed by atoms with van der Waals surface area (Å²) in [6.45, 7) is 1.71. The molecule has 0 aliphatic heterocycles. The Labute approximate surface area is 70.9 Å². The third-order valence-corrected chi connectivity index (χ3v) is 1.29. The highest BCUT2D eigenvalue weighted by Gasteiger charge is 1.97. The van der Waals surface area contributed by atoms with Crippen LogP contribution in [0, 0.1) is 10.1 Å². The average molecular weight is 175 g/mol. The zero-order valence-corrected chi connectivity index (χ0v) is 7.12. The lowest BCUT2D eigenvalue weighted by Crippen LogP contribution is -2.03. The number of ether oxygens (including phenoxy) is 1. The third-order valence-electron chi connectivity index (χ3n) is 1.29. The number of carbonyl (C=O) groups is 1. The number of unbranched alkanes of at least 4 members (excludes halogenated alkanes) is 2. The van der Waals surface area contributed by atoms with Gasteiger partial charge in [-0.3, -0.25) is 14.9 Å². The van der Waals surface area contributed by atoms with E-state index in [1.165, 1.54) is 6.92 Å². The minimum absolute atomic E-state index is 0.0000709. The summed E-state index contributed by atoms with van der Waals surface area (Å²) in [5.41, 5.74) is 0. The molecular formula is C7H13NO4. The molecule has 0 aromatic heterocycles. The van der Waals surface area contributed by atoms with Crippen LogP contribution in [0.5, 0.6) is 0 Å². The smallest absolute Gasteiger partial charge is 0.302 e. The van der Waals surface area contributed by atoms with E-state index in [-0.39, 0.29) is 17.4 Å². The zero-order chi connectivity index (χ0) is 9.40. The minimum Gasteiger partial charge on any atom is -0.466 e. The van der Waals surface area contributed by atoms with Crippen molar-refractivity contribution in [2.45, 2.75) is 26.2 Å². The zero-order valence-electron chi connectivity index (χ0n) is 7.12. The average Bonchev–Trinajstić information content (AvgIpc) is 1.95. The van der Waals surface area contributed by atoms with Gasteiger partial charge in [-0.2, -0.15) is 0 Å². The van der Waals surface area contributed by atoms with Crippen molar-refractivity contribution in [3.8, 4) is 0 Å². The van der Waals surface area contributed by atoms with Crippen LogP contribution in [0.2, 0.25) is 0 Å². The van der Waals surface area contributed by atoms with Gasteiger partial charge in [0.05, 0.1) is 6.61 Å². The highest BCUT2D eigenvalue weighted by atomic mass is 16.6. The van der Waals surface area contributed by atoms with Gasteiger partial charge >= 0.3 is 5.97 Å². The maximum Gasteiger partial charge on any atom is 0.302 e. The van der Waals surface area contributed by atoms with Crippen LogP contribution in [0.3, 0.4) is 0 Å². The fourth-order valence-electron chi connectivity index (χ4n) is 0.736. The van der Waals surface area contributed by atoms with E-state index < -0.39 is 0 Å². The van der Waals surface area contributed by atoms with E-state index in [1.54, 1.807) is 0 Å². The number of hydrogen-bond donors (Lipinski definition) is 0. The van der Waals surface area contributed by atoms with E-state index in [9.17, 15) is 14.9 Å². The van der Waals surface area contributed by atoms with Gasteiger partial charge in [-0.1, -0.05) is 0 Å². The Hall–Kier alpha value is -1.13. The van der Waals surface area contributed by atoms with Crippen molar-refractivity contribution < 1.29 is 14.5 Å². The quantitative estimate of drug-likeness (QED) is 0.261. The number of nitrogens with zero attached hydrogens (tertiary/aromatic N) is 1. The molecule has 0 unspecified atom stereocenters. The number of hydrogen-bond acceptors (Lipinski definition) is 4. The minimum atomic E-state index is -0.341. The molecule has 12 heavy (non-hydrogen) atoms. The Morgan fingerprint density at radius 2 is 2.08 bits per heavy atom. The molecule has 0 fully saturated rings. The molecule has 0 bridgehead atoms. The van der Waals surface area contributed by atoms with Gasteiger partial charge in [0.1, 0.15) is 0 Å². The first kappa shape index (κ1) is 10.9. The molecule has 0 rings (SSSR count). The van der Waals surface area contributed by atoms with Crippen LogP contribution in [-0.4, -0.2) is 24.0 Å². The van der Waals surface area contributed by atoms with Crippen LogP contribution in [0.4, 0.5) is 0 Å². The van der Waals surface area contributed by atoms with E-state index in [2.05, 4.69) is 4.74 Å². The first-order valence-electron chi connectivity index (χ1n) is 3.88. The van der Waals surface area contributed by atoms with Crippen LogP contribution < -0.4 is 0 Å². The van der Waals surface area contributed by atoms with Crippen molar-refractivity contribution in [1.29, 1.82) is 0 Å². The SMILES string of the molecule is CC(=O)OCCCCC[N+](=O)[O-]. The van der Waals surface area contributed by atoms with Gasteiger partial charge in [0.2, 0.25) is 6.54 Å². The first-order valence-corrected chi connectivity index (χ1v) is 3.88. The monoisotopic (exact) mass is 175 g/mol. The van der Waals surface area contributed by atoms with Crippen LogP contribution in [0.1, 0.15) is 26.2 Å². The second-order valence-electron chi connectivity index (χ2n) is 2.46. The molecule has 5 heteroatoms. The van der Waals surface area contributed by atoms with E-state index in [0.29, 0.717) is 19.4 Å². The molecule has 0 heterocycles. The van der Waals surface area contributed by atoms with E-state index in [0.717, 1.165) is 6.42 Å². The molecule has 0 saturated carbocycles. The van der Waals surface area contributed by atoms with Gasteiger partial charge < -0.3 is 4.74 Å². The van der Waals surface area contributed by atoms with E-state index in [1.807, 2.05) is 0 Å². The summed E-state index contributed by atoms with van der Waals surface area (Å²) in [7, 11) is 0. The van der Waals surface area contributed by atoms with Crippen LogP contribution >= 0.6 is 0 Å². The maximum absolute atomic E-state index is 10.3. The lowest BCUT2D eigenvalue weighted by Gasteiger charge is -1.99. The second kappa shape index (κ2) is 6.57. The maximum atomic E-state index is 10.3. The number of esters is 1. The molecule has 0 aromatic carbocycles. The lowest BCUT2D eigenvalue weighted by atomic mass is 10.2. The number of nitro groups is 1. The standard InChI is InChI=1S/C7H13NO4/c1-7(9)12-6-4-2-3-5-8(10)11/h2-6H2,1H3. The Balaban J connectivity index is 3.01. The molecule has 0 spiro atoms. The van der Waals surface area contributed by atoms with E-state index in [4.69, 9.17) is 0 Å². The van der Waals surface area contributed by atoms with Crippen molar-refractivity contribution in [2.75, 3.05) is 13.2 Å². The van der Waals surface area contributed by atoms with Gasteiger partial charge in [-0.05, 0) is 12.8 Å². The van der Waals surface area contributed by atoms with Gasteiger partial charge in [-0.15, -0.1) is 0 Å². The topological polar surface area (TPSA) is 69.4 Å². The molecule has 0 aliphatic rings. The Morgan fingerprint density at radius 3 is 2.58 bits per heavy atom. The molecule has 0 amide bonds. The van der Waals surface area contributed by atoms with Gasteiger partial charge in [0.15, 0.2) is 0 Å².